The number of ether oxygens (including phenoxy) is 4. The van der Waals surface area contributed by atoms with Crippen molar-refractivity contribution in [2.24, 2.45) is 5.41 Å². The minimum Gasteiger partial charge on any atom is -0.460 e. The Morgan fingerprint density at radius 1 is 0.964 bits per heavy atom. The van der Waals surface area contributed by atoms with Crippen LogP contribution in [-0.4, -0.2) is 102 Å². The molecule has 0 spiro atoms. The van der Waals surface area contributed by atoms with Gasteiger partial charge in [0, 0.05) is 44.1 Å². The Kier molecular flexibility index (Phi) is 10.9. The summed E-state index contributed by atoms with van der Waals surface area (Å²) in [4.78, 5) is 62.1. The standard InChI is InChI=1S/C43H49N3O10/c1-41(2,3)53-34(49)23-21-31(26-47)44-40(51)42-24-32-35-36(55-43(54-35,29-12-8-6-9-13-29)30-14-10-7-11-15-30)38(42)56-46(37(42)39(50)52-32)25-28-18-16-27(17-19-28)20-22-33(48)45(4)5/h6-20,22,31-32,35-38,47H,21,23-26H2,1-5H3,(H,44,51)/t31-,32+,35-,36-,37-,38+,42-/m0/s1. The van der Waals surface area contributed by atoms with Crippen LogP contribution in [0.1, 0.15) is 62.3 Å². The summed E-state index contributed by atoms with van der Waals surface area (Å²) in [5, 5.41) is 14.9. The smallest absolute Gasteiger partial charge is 0.327 e. The van der Waals surface area contributed by atoms with Gasteiger partial charge < -0.3 is 34.3 Å². The van der Waals surface area contributed by atoms with Crippen LogP contribution in [0.5, 0.6) is 0 Å². The molecule has 13 nitrogen and oxygen atoms in total. The van der Waals surface area contributed by atoms with Crippen molar-refractivity contribution in [1.29, 1.82) is 0 Å². The number of carbonyl (C=O) groups is 4. The zero-order valence-corrected chi connectivity index (χ0v) is 32.3. The molecule has 7 rings (SSSR count). The van der Waals surface area contributed by atoms with E-state index in [0.717, 1.165) is 22.3 Å². The summed E-state index contributed by atoms with van der Waals surface area (Å²) in [5.74, 6) is -3.18. The van der Waals surface area contributed by atoms with Crippen molar-refractivity contribution in [3.8, 4) is 0 Å². The summed E-state index contributed by atoms with van der Waals surface area (Å²) in [6, 6.07) is 24.4. The lowest BCUT2D eigenvalue weighted by Crippen LogP contribution is -2.70. The van der Waals surface area contributed by atoms with Crippen molar-refractivity contribution in [2.75, 3.05) is 20.7 Å². The molecule has 0 aromatic heterocycles. The van der Waals surface area contributed by atoms with Gasteiger partial charge in [0.15, 0.2) is 6.04 Å². The van der Waals surface area contributed by atoms with Gasteiger partial charge in [0.05, 0.1) is 19.2 Å². The number of rotatable bonds is 12. The number of fused-ring (bicyclic) bond motifs is 4. The van der Waals surface area contributed by atoms with Crippen molar-refractivity contribution in [3.05, 3.63) is 113 Å². The number of benzene rings is 3. The molecule has 0 radical (unpaired) electrons. The SMILES string of the molecule is CN(C)C(=O)C=Cc1ccc(CN2O[C@@H]3[C@H]4OC(c5ccccc5)(c5ccccc5)O[C@H]4[C@H]4C[C@]3(C(=O)N[C@H](CO)CCC(=O)OC(C)(C)C)[C@@H]2C(=O)O4)cc1. The molecule has 3 saturated heterocycles. The van der Waals surface area contributed by atoms with Crippen LogP contribution < -0.4 is 5.32 Å². The number of hydrogen-bond acceptors (Lipinski definition) is 11. The maximum Gasteiger partial charge on any atom is 0.327 e. The van der Waals surface area contributed by atoms with E-state index in [4.69, 9.17) is 23.8 Å². The molecule has 4 fully saturated rings. The third-order valence-corrected chi connectivity index (χ3v) is 10.7. The third-order valence-electron chi connectivity index (χ3n) is 10.7. The van der Waals surface area contributed by atoms with E-state index < -0.39 is 77.8 Å². The van der Waals surface area contributed by atoms with Gasteiger partial charge in [-0.1, -0.05) is 84.9 Å². The molecule has 3 heterocycles. The van der Waals surface area contributed by atoms with Gasteiger partial charge in [0.2, 0.25) is 17.6 Å². The van der Waals surface area contributed by atoms with Crippen LogP contribution in [-0.2, 0) is 55.3 Å². The zero-order valence-electron chi connectivity index (χ0n) is 32.3. The molecule has 1 aliphatic carbocycles. The second-order valence-corrected chi connectivity index (χ2v) is 16.0. The quantitative estimate of drug-likeness (QED) is 0.204. The first-order valence-corrected chi connectivity index (χ1v) is 19.0. The molecule has 3 aliphatic heterocycles. The minimum atomic E-state index is -1.53. The van der Waals surface area contributed by atoms with Gasteiger partial charge in [-0.25, -0.2) is 0 Å². The molecule has 3 aromatic rings. The molecule has 3 aromatic carbocycles. The zero-order chi connectivity index (χ0) is 39.8. The monoisotopic (exact) mass is 767 g/mol. The van der Waals surface area contributed by atoms with Crippen LogP contribution in [0.3, 0.4) is 0 Å². The Hall–Kier alpha value is -4.92. The molecule has 4 aliphatic rings. The number of amides is 2. The fourth-order valence-corrected chi connectivity index (χ4v) is 8.13. The van der Waals surface area contributed by atoms with Crippen LogP contribution in [0, 0.1) is 5.41 Å². The molecule has 56 heavy (non-hydrogen) atoms. The van der Waals surface area contributed by atoms with E-state index in [2.05, 4.69) is 5.32 Å². The Balaban J connectivity index is 1.23. The Morgan fingerprint density at radius 3 is 2.18 bits per heavy atom. The maximum atomic E-state index is 14.9. The Bertz CT molecular complexity index is 1910. The highest BCUT2D eigenvalue weighted by molar-refractivity contribution is 5.94. The van der Waals surface area contributed by atoms with Gasteiger partial charge in [0.1, 0.15) is 35.4 Å². The summed E-state index contributed by atoms with van der Waals surface area (Å²) in [6.45, 7) is 4.97. The van der Waals surface area contributed by atoms with Crippen LogP contribution in [0.15, 0.2) is 91.0 Å². The first-order valence-electron chi connectivity index (χ1n) is 19.0. The maximum absolute atomic E-state index is 14.9. The van der Waals surface area contributed by atoms with Crippen LogP contribution in [0.4, 0.5) is 0 Å². The predicted octanol–water partition coefficient (Wildman–Crippen LogP) is 3.87. The third kappa shape index (κ3) is 7.49. The topological polar surface area (TPSA) is 153 Å². The summed E-state index contributed by atoms with van der Waals surface area (Å²) in [6.07, 6.45) is -0.225. The van der Waals surface area contributed by atoms with E-state index in [-0.39, 0.29) is 31.7 Å². The van der Waals surface area contributed by atoms with Gasteiger partial charge in [-0.3, -0.25) is 24.0 Å². The first-order chi connectivity index (χ1) is 26.7. The summed E-state index contributed by atoms with van der Waals surface area (Å²) < 4.78 is 25.6. The van der Waals surface area contributed by atoms with Crippen molar-refractivity contribution in [2.45, 2.75) is 94.5 Å². The lowest BCUT2D eigenvalue weighted by atomic mass is 9.62. The van der Waals surface area contributed by atoms with Gasteiger partial charge in [0.25, 0.3) is 0 Å². The van der Waals surface area contributed by atoms with Crippen LogP contribution >= 0.6 is 0 Å². The van der Waals surface area contributed by atoms with E-state index in [1.807, 2.05) is 84.9 Å². The second-order valence-electron chi connectivity index (χ2n) is 16.0. The van der Waals surface area contributed by atoms with Crippen LogP contribution in [0.25, 0.3) is 6.08 Å². The van der Waals surface area contributed by atoms with E-state index >= 15 is 0 Å². The second kappa shape index (κ2) is 15.5. The Morgan fingerprint density at radius 2 is 1.59 bits per heavy atom. The molecule has 1 saturated carbocycles. The largest absolute Gasteiger partial charge is 0.460 e. The number of carbonyl (C=O) groups excluding carboxylic acids is 4. The first kappa shape index (κ1) is 39.3. The normalized spacial score (nSPS) is 27.0. The fourth-order valence-electron chi connectivity index (χ4n) is 8.13. The summed E-state index contributed by atoms with van der Waals surface area (Å²) in [5.41, 5.74) is 0.798. The van der Waals surface area contributed by atoms with Crippen molar-refractivity contribution >= 4 is 29.8 Å². The Labute approximate surface area is 326 Å². The number of aliphatic hydroxyl groups is 1. The molecule has 7 atom stereocenters. The van der Waals surface area contributed by atoms with Gasteiger partial charge in [-0.15, -0.1) is 0 Å². The van der Waals surface area contributed by atoms with Gasteiger partial charge in [-0.05, 0) is 44.4 Å². The molecule has 13 heteroatoms. The van der Waals surface area contributed by atoms with E-state index in [1.165, 1.54) is 16.0 Å². The number of nitrogens with one attached hydrogen (secondary N) is 1. The average Bonchev–Trinajstić information content (AvgIpc) is 3.76. The molecule has 2 N–H and O–H groups in total. The molecule has 2 bridgehead atoms. The van der Waals surface area contributed by atoms with Crippen molar-refractivity contribution in [3.63, 3.8) is 0 Å². The highest BCUT2D eigenvalue weighted by Crippen LogP contribution is 2.59. The van der Waals surface area contributed by atoms with Crippen molar-refractivity contribution in [1.82, 2.24) is 15.3 Å². The van der Waals surface area contributed by atoms with E-state index in [9.17, 15) is 24.3 Å². The molecular weight excluding hydrogens is 718 g/mol. The number of esters is 2. The number of hydroxylamine groups is 2. The molecule has 2 amide bonds. The molecule has 0 unspecified atom stereocenters. The highest BCUT2D eigenvalue weighted by atomic mass is 16.8. The average molecular weight is 768 g/mol. The number of nitrogens with zero attached hydrogens (tertiary/aromatic N) is 2. The predicted molar refractivity (Wildman–Crippen MR) is 203 cm³/mol. The van der Waals surface area contributed by atoms with E-state index in [1.54, 1.807) is 40.9 Å². The fraction of sp³-hybridized carbons (Fsp3) is 0.442. The lowest BCUT2D eigenvalue weighted by molar-refractivity contribution is -0.213. The minimum absolute atomic E-state index is 0.0390. The summed E-state index contributed by atoms with van der Waals surface area (Å²) in [7, 11) is 3.36. The molecule has 296 valence electrons. The van der Waals surface area contributed by atoms with Crippen LogP contribution in [0.2, 0.25) is 0 Å². The van der Waals surface area contributed by atoms with E-state index in [0.29, 0.717) is 0 Å². The lowest BCUT2D eigenvalue weighted by Gasteiger charge is -2.49. The number of hydrogen-bond donors (Lipinski definition) is 2. The highest BCUT2D eigenvalue weighted by Gasteiger charge is 2.76. The van der Waals surface area contributed by atoms with Crippen molar-refractivity contribution < 1.29 is 48.1 Å². The van der Waals surface area contributed by atoms with Gasteiger partial charge in [-0.2, -0.15) is 5.06 Å². The summed E-state index contributed by atoms with van der Waals surface area (Å²) >= 11 is 0. The number of likely N-dealkylation sites (N-methyl/N-ethyl adjacent to an activating group) is 1. The number of aliphatic hydroxyl groups excluding tert-OH is 1. The molecular formula is C43H49N3O10. The van der Waals surface area contributed by atoms with Gasteiger partial charge >= 0.3 is 11.9 Å².